The first-order valence-electron chi connectivity index (χ1n) is 10.4. The fraction of sp³-hybridized carbons (Fsp3) is 0.500. The largest absolute Gasteiger partial charge is 0.467 e. The van der Waals surface area contributed by atoms with E-state index in [4.69, 9.17) is 4.74 Å². The molecule has 2 aromatic rings. The summed E-state index contributed by atoms with van der Waals surface area (Å²) in [7, 11) is 1.23. The number of amides is 1. The van der Waals surface area contributed by atoms with Gasteiger partial charge in [0, 0.05) is 18.7 Å². The summed E-state index contributed by atoms with van der Waals surface area (Å²) in [4.78, 5) is 27.3. The van der Waals surface area contributed by atoms with Crippen LogP contribution in [0, 0.1) is 23.7 Å². The number of nitrogens with zero attached hydrogens (tertiary/aromatic N) is 3. The highest BCUT2D eigenvalue weighted by Gasteiger charge is 2.63. The Labute approximate surface area is 181 Å². The summed E-state index contributed by atoms with van der Waals surface area (Å²) in [6.07, 6.45) is -2.03. The number of fused-ring (bicyclic) bond motifs is 5. The van der Waals surface area contributed by atoms with Crippen molar-refractivity contribution in [3.05, 3.63) is 47.8 Å². The number of carbonyl (C=O) groups is 2. The number of aromatic nitrogens is 2. The number of carbonyl (C=O) groups excluding carboxylic acids is 2. The molecule has 2 aliphatic carbocycles. The van der Waals surface area contributed by atoms with E-state index in [9.17, 15) is 27.2 Å². The van der Waals surface area contributed by atoms with E-state index in [1.165, 1.54) is 42.6 Å². The molecule has 1 amide bonds. The number of alkyl halides is 4. The Morgan fingerprint density at radius 2 is 1.91 bits per heavy atom. The molecule has 0 spiro atoms. The van der Waals surface area contributed by atoms with Crippen LogP contribution in [0.4, 0.5) is 17.6 Å². The van der Waals surface area contributed by atoms with E-state index < -0.39 is 35.8 Å². The van der Waals surface area contributed by atoms with E-state index in [-0.39, 0.29) is 34.9 Å². The van der Waals surface area contributed by atoms with Crippen molar-refractivity contribution >= 4 is 11.9 Å². The van der Waals surface area contributed by atoms with Crippen molar-refractivity contribution in [2.24, 2.45) is 23.7 Å². The summed E-state index contributed by atoms with van der Waals surface area (Å²) in [5.74, 6) is -1.58. The van der Waals surface area contributed by atoms with E-state index in [0.717, 1.165) is 10.7 Å². The smallest absolute Gasteiger partial charge is 0.418 e. The third-order valence-corrected chi connectivity index (χ3v) is 7.26. The van der Waals surface area contributed by atoms with Gasteiger partial charge in [-0.3, -0.25) is 4.79 Å². The van der Waals surface area contributed by atoms with E-state index >= 15 is 0 Å². The summed E-state index contributed by atoms with van der Waals surface area (Å²) < 4.78 is 60.4. The normalized spacial score (nSPS) is 31.1. The van der Waals surface area contributed by atoms with Crippen LogP contribution in [-0.2, 0) is 15.7 Å². The van der Waals surface area contributed by atoms with Crippen LogP contribution in [0.2, 0.25) is 0 Å². The van der Waals surface area contributed by atoms with Gasteiger partial charge in [0.05, 0.1) is 30.1 Å². The lowest BCUT2D eigenvalue weighted by atomic mass is 9.77. The Morgan fingerprint density at radius 3 is 2.62 bits per heavy atom. The van der Waals surface area contributed by atoms with Crippen molar-refractivity contribution in [1.29, 1.82) is 0 Å². The first-order chi connectivity index (χ1) is 15.2. The lowest BCUT2D eigenvalue weighted by Gasteiger charge is -2.30. The Bertz CT molecular complexity index is 1070. The number of hydrogen-bond acceptors (Lipinski definition) is 4. The molecule has 1 aromatic heterocycles. The van der Waals surface area contributed by atoms with Crippen molar-refractivity contribution in [3.63, 3.8) is 0 Å². The van der Waals surface area contributed by atoms with Crippen LogP contribution in [0.1, 0.15) is 28.8 Å². The Balaban J connectivity index is 1.46. The molecule has 2 saturated carbocycles. The predicted octanol–water partition coefficient (Wildman–Crippen LogP) is 3.50. The lowest BCUT2D eigenvalue weighted by Crippen LogP contribution is -2.46. The average molecular weight is 451 g/mol. The van der Waals surface area contributed by atoms with Crippen LogP contribution in [0.5, 0.6) is 0 Å². The van der Waals surface area contributed by atoms with Crippen LogP contribution in [0.3, 0.4) is 0 Å². The maximum Gasteiger partial charge on any atom is 0.418 e. The van der Waals surface area contributed by atoms with Crippen LogP contribution < -0.4 is 0 Å². The molecule has 1 aliphatic heterocycles. The minimum atomic E-state index is -4.59. The molecule has 0 N–H and O–H groups in total. The molecule has 2 heterocycles. The van der Waals surface area contributed by atoms with E-state index in [0.29, 0.717) is 19.4 Å². The first kappa shape index (κ1) is 21.0. The molecule has 1 aromatic carbocycles. The van der Waals surface area contributed by atoms with Gasteiger partial charge in [-0.1, -0.05) is 12.1 Å². The van der Waals surface area contributed by atoms with Gasteiger partial charge in [-0.15, -0.1) is 0 Å². The highest BCUT2D eigenvalue weighted by molar-refractivity contribution is 5.97. The number of esters is 1. The quantitative estimate of drug-likeness (QED) is 0.530. The van der Waals surface area contributed by atoms with Crippen molar-refractivity contribution in [2.75, 3.05) is 13.7 Å². The number of ether oxygens (including phenoxy) is 1. The van der Waals surface area contributed by atoms with Gasteiger partial charge in [0.1, 0.15) is 12.2 Å². The number of benzene rings is 1. The maximum atomic E-state index is 14.4. The average Bonchev–Trinajstić information content (AvgIpc) is 3.52. The second kappa shape index (κ2) is 7.31. The summed E-state index contributed by atoms with van der Waals surface area (Å²) in [5, 5.41) is 3.96. The van der Waals surface area contributed by atoms with Gasteiger partial charge >= 0.3 is 12.1 Å². The number of methoxy groups -OCH3 is 1. The fourth-order valence-electron chi connectivity index (χ4n) is 5.98. The van der Waals surface area contributed by atoms with E-state index in [2.05, 4.69) is 5.10 Å². The topological polar surface area (TPSA) is 64.4 Å². The fourth-order valence-corrected chi connectivity index (χ4v) is 5.98. The van der Waals surface area contributed by atoms with Crippen LogP contribution in [0.25, 0.3) is 5.69 Å². The zero-order valence-corrected chi connectivity index (χ0v) is 17.1. The molecule has 6 atom stereocenters. The van der Waals surface area contributed by atoms with Crippen molar-refractivity contribution in [1.82, 2.24) is 14.7 Å². The molecule has 6 nitrogen and oxygen atoms in total. The standard InChI is InChI=1S/C22H21F4N3O3/c1-32-21(31)19-18-13-6-11(7-16(13)23)14(18)10-28(19)20(30)12-8-27-29(9-12)17-5-3-2-4-15(17)22(24,25)26/h2-5,8-9,11,13-14,16,18-19H,6-7,10H2,1H3/t11-,13+,14+,16+,18-,19-/m0/s1. The Hall–Kier alpha value is -2.91. The summed E-state index contributed by atoms with van der Waals surface area (Å²) >= 11 is 0. The molecule has 3 fully saturated rings. The molecular formula is C22H21F4N3O3. The SMILES string of the molecule is COC(=O)[C@@H]1[C@@H]2[C@H](CN1C(=O)c1cnn(-c3ccccc3C(F)(F)F)c1)[C@H]1C[C@@H]2[C@H](F)C1. The Morgan fingerprint density at radius 1 is 1.16 bits per heavy atom. The first-order valence-corrected chi connectivity index (χ1v) is 10.4. The van der Waals surface area contributed by atoms with Crippen molar-refractivity contribution in [3.8, 4) is 5.69 Å². The van der Waals surface area contributed by atoms with Crippen molar-refractivity contribution in [2.45, 2.75) is 31.2 Å². The minimum absolute atomic E-state index is 0.0149. The third-order valence-electron chi connectivity index (χ3n) is 7.26. The van der Waals surface area contributed by atoms with Gasteiger partial charge < -0.3 is 9.64 Å². The third kappa shape index (κ3) is 3.10. The second-order valence-corrected chi connectivity index (χ2v) is 8.77. The number of halogens is 4. The van der Waals surface area contributed by atoms with Crippen LogP contribution in [-0.4, -0.2) is 52.4 Å². The highest BCUT2D eigenvalue weighted by atomic mass is 19.4. The predicted molar refractivity (Wildman–Crippen MR) is 103 cm³/mol. The van der Waals surface area contributed by atoms with E-state index in [1.54, 1.807) is 0 Å². The zero-order chi connectivity index (χ0) is 22.8. The number of para-hydroxylation sites is 1. The summed E-state index contributed by atoms with van der Waals surface area (Å²) in [6, 6.07) is 4.03. The number of hydrogen-bond donors (Lipinski definition) is 0. The molecule has 3 aliphatic rings. The molecule has 32 heavy (non-hydrogen) atoms. The zero-order valence-electron chi connectivity index (χ0n) is 17.1. The monoisotopic (exact) mass is 451 g/mol. The molecule has 10 heteroatoms. The molecule has 2 bridgehead atoms. The van der Waals surface area contributed by atoms with Gasteiger partial charge in [0.25, 0.3) is 5.91 Å². The second-order valence-electron chi connectivity index (χ2n) is 8.77. The molecular weight excluding hydrogens is 430 g/mol. The number of rotatable bonds is 3. The van der Waals surface area contributed by atoms with Crippen LogP contribution in [0.15, 0.2) is 36.7 Å². The highest BCUT2D eigenvalue weighted by Crippen LogP contribution is 2.58. The molecule has 170 valence electrons. The maximum absolute atomic E-state index is 14.4. The van der Waals surface area contributed by atoms with Gasteiger partial charge in [0.15, 0.2) is 0 Å². The summed E-state index contributed by atoms with van der Waals surface area (Å²) in [5.41, 5.74) is -1.03. The van der Waals surface area contributed by atoms with Crippen LogP contribution >= 0.6 is 0 Å². The lowest BCUT2D eigenvalue weighted by molar-refractivity contribution is -0.147. The van der Waals surface area contributed by atoms with Gasteiger partial charge in [-0.25, -0.2) is 13.9 Å². The van der Waals surface area contributed by atoms with E-state index in [1.807, 2.05) is 0 Å². The van der Waals surface area contributed by atoms with Gasteiger partial charge in [-0.2, -0.15) is 18.3 Å². The molecule has 0 unspecified atom stereocenters. The number of likely N-dealkylation sites (tertiary alicyclic amines) is 1. The molecule has 0 radical (unpaired) electrons. The van der Waals surface area contributed by atoms with Crippen molar-refractivity contribution < 1.29 is 31.9 Å². The van der Waals surface area contributed by atoms with Gasteiger partial charge in [0.2, 0.25) is 0 Å². The summed E-state index contributed by atoms with van der Waals surface area (Å²) in [6.45, 7) is 0.293. The minimum Gasteiger partial charge on any atom is -0.467 e. The Kier molecular flexibility index (Phi) is 4.79. The molecule has 1 saturated heterocycles. The molecule has 5 rings (SSSR count). The van der Waals surface area contributed by atoms with Gasteiger partial charge in [-0.05, 0) is 42.7 Å².